The number of carbonyl (C=O) groups excluding carboxylic acids is 2. The van der Waals surface area contributed by atoms with Crippen molar-refractivity contribution in [2.45, 2.75) is 13.8 Å². The molecule has 2 aromatic rings. The lowest BCUT2D eigenvalue weighted by Gasteiger charge is -2.05. The second-order valence-electron chi connectivity index (χ2n) is 4.87. The molecule has 100 valence electrons. The molecule has 2 heteroatoms. The van der Waals surface area contributed by atoms with Gasteiger partial charge in [0.15, 0.2) is 11.6 Å². The van der Waals surface area contributed by atoms with Gasteiger partial charge in [0.25, 0.3) is 0 Å². The van der Waals surface area contributed by atoms with Gasteiger partial charge in [-0.05, 0) is 13.8 Å². The highest BCUT2D eigenvalue weighted by Crippen LogP contribution is 2.14. The van der Waals surface area contributed by atoms with E-state index >= 15 is 0 Å². The highest BCUT2D eigenvalue weighted by Gasteiger charge is 2.18. The van der Waals surface area contributed by atoms with Gasteiger partial charge >= 0.3 is 0 Å². The molecule has 0 N–H and O–H groups in total. The molecule has 0 saturated carbocycles. The molecule has 0 spiro atoms. The number of benzene rings is 2. The van der Waals surface area contributed by atoms with E-state index < -0.39 is 0 Å². The predicted molar refractivity (Wildman–Crippen MR) is 80.2 cm³/mol. The van der Waals surface area contributed by atoms with Gasteiger partial charge in [0.1, 0.15) is 0 Å². The van der Waals surface area contributed by atoms with Gasteiger partial charge in [0.05, 0.1) is 5.57 Å². The third-order valence-corrected chi connectivity index (χ3v) is 3.18. The second kappa shape index (κ2) is 5.66. The molecule has 0 amide bonds. The summed E-state index contributed by atoms with van der Waals surface area (Å²) < 4.78 is 0. The first-order valence-electron chi connectivity index (χ1n) is 6.40. The summed E-state index contributed by atoms with van der Waals surface area (Å²) in [6.07, 6.45) is 0. The smallest absolute Gasteiger partial charge is 0.196 e. The van der Waals surface area contributed by atoms with Gasteiger partial charge in [-0.2, -0.15) is 0 Å². The molecule has 0 radical (unpaired) electrons. The Morgan fingerprint density at radius 3 is 1.30 bits per heavy atom. The lowest BCUT2D eigenvalue weighted by Crippen LogP contribution is -2.12. The zero-order chi connectivity index (χ0) is 14.7. The average Bonchev–Trinajstić information content (AvgIpc) is 2.46. The summed E-state index contributed by atoms with van der Waals surface area (Å²) in [5.74, 6) is -0.647. The van der Waals surface area contributed by atoms with E-state index in [1.165, 1.54) is 0 Å². The van der Waals surface area contributed by atoms with Crippen molar-refractivity contribution in [1.82, 2.24) is 0 Å². The summed E-state index contributed by atoms with van der Waals surface area (Å²) in [6, 6.07) is 14.2. The molecule has 2 rings (SSSR count). The minimum Gasteiger partial charge on any atom is -0.288 e. The van der Waals surface area contributed by atoms with Crippen LogP contribution in [0.15, 0.2) is 60.7 Å². The molecule has 0 aliphatic heterocycles. The van der Waals surface area contributed by atoms with Crippen molar-refractivity contribution in [3.8, 4) is 0 Å². The van der Waals surface area contributed by atoms with Gasteiger partial charge < -0.3 is 0 Å². The van der Waals surface area contributed by atoms with E-state index in [0.717, 1.165) is 11.1 Å². The van der Waals surface area contributed by atoms with E-state index in [9.17, 15) is 9.59 Å². The van der Waals surface area contributed by atoms with Crippen LogP contribution in [-0.2, 0) is 0 Å². The van der Waals surface area contributed by atoms with Gasteiger partial charge in [-0.3, -0.25) is 9.59 Å². The van der Waals surface area contributed by atoms with Crippen molar-refractivity contribution in [3.63, 3.8) is 0 Å². The number of carbonyl (C=O) groups is 2. The van der Waals surface area contributed by atoms with Crippen LogP contribution in [0.1, 0.15) is 31.8 Å². The topological polar surface area (TPSA) is 34.1 Å². The summed E-state index contributed by atoms with van der Waals surface area (Å²) in [7, 11) is 0. The maximum absolute atomic E-state index is 12.2. The van der Waals surface area contributed by atoms with Crippen LogP contribution in [-0.4, -0.2) is 11.6 Å². The highest BCUT2D eigenvalue weighted by molar-refractivity contribution is 6.30. The maximum Gasteiger partial charge on any atom is 0.196 e. The number of aryl methyl sites for hydroxylation is 2. The molecule has 0 aromatic heterocycles. The Morgan fingerprint density at radius 2 is 1.00 bits per heavy atom. The van der Waals surface area contributed by atoms with Crippen molar-refractivity contribution in [2.75, 3.05) is 0 Å². The number of hydrogen-bond donors (Lipinski definition) is 0. The van der Waals surface area contributed by atoms with E-state index in [1.54, 1.807) is 24.3 Å². The lowest BCUT2D eigenvalue weighted by molar-refractivity contribution is 0.0963. The second-order valence-corrected chi connectivity index (χ2v) is 4.87. The first-order valence-corrected chi connectivity index (χ1v) is 6.40. The maximum atomic E-state index is 12.2. The van der Waals surface area contributed by atoms with E-state index in [-0.39, 0.29) is 17.1 Å². The Balaban J connectivity index is 2.22. The number of allylic oxidation sites excluding steroid dienone is 1. The molecule has 0 aliphatic carbocycles. The largest absolute Gasteiger partial charge is 0.288 e. The third kappa shape index (κ3) is 2.91. The van der Waals surface area contributed by atoms with Gasteiger partial charge in [-0.1, -0.05) is 66.2 Å². The minimum atomic E-state index is -0.324. The number of ketones is 2. The average molecular weight is 264 g/mol. The molecule has 0 bridgehead atoms. The van der Waals surface area contributed by atoms with Crippen LogP contribution in [0.25, 0.3) is 0 Å². The number of hydrogen-bond acceptors (Lipinski definition) is 2. The summed E-state index contributed by atoms with van der Waals surface area (Å²) in [5.41, 5.74) is 3.11. The monoisotopic (exact) mass is 264 g/mol. The molecule has 0 heterocycles. The van der Waals surface area contributed by atoms with Crippen LogP contribution in [0.3, 0.4) is 0 Å². The van der Waals surface area contributed by atoms with E-state index in [0.29, 0.717) is 11.1 Å². The molecule has 20 heavy (non-hydrogen) atoms. The standard InChI is InChI=1S/C18H16O2/c1-12-4-8-15(9-5-12)17(19)14(3)18(20)16-10-6-13(2)7-11-16/h4-11H,3H2,1-2H3. The molecule has 0 atom stereocenters. The first-order chi connectivity index (χ1) is 9.49. The van der Waals surface area contributed by atoms with Crippen molar-refractivity contribution in [1.29, 1.82) is 0 Å². The van der Waals surface area contributed by atoms with Crippen LogP contribution < -0.4 is 0 Å². The summed E-state index contributed by atoms with van der Waals surface area (Å²) in [6.45, 7) is 7.54. The fraction of sp³-hybridized carbons (Fsp3) is 0.111. The Bertz CT molecular complexity index is 602. The molecular weight excluding hydrogens is 248 g/mol. The Morgan fingerprint density at radius 1 is 0.700 bits per heavy atom. The first kappa shape index (κ1) is 13.9. The van der Waals surface area contributed by atoms with E-state index in [1.807, 2.05) is 38.1 Å². The Labute approximate surface area is 118 Å². The normalized spacial score (nSPS) is 10.1. The molecule has 2 nitrogen and oxygen atoms in total. The molecule has 0 unspecified atom stereocenters. The van der Waals surface area contributed by atoms with E-state index in [4.69, 9.17) is 0 Å². The highest BCUT2D eigenvalue weighted by atomic mass is 16.1. The molecular formula is C18H16O2. The Hall–Kier alpha value is -2.48. The number of rotatable bonds is 4. The fourth-order valence-corrected chi connectivity index (χ4v) is 1.86. The molecule has 0 saturated heterocycles. The van der Waals surface area contributed by atoms with Gasteiger partial charge in [-0.15, -0.1) is 0 Å². The van der Waals surface area contributed by atoms with Crippen molar-refractivity contribution in [2.24, 2.45) is 0 Å². The van der Waals surface area contributed by atoms with Gasteiger partial charge in [0.2, 0.25) is 0 Å². The Kier molecular flexibility index (Phi) is 3.94. The predicted octanol–water partition coefficient (Wildman–Crippen LogP) is 3.93. The van der Waals surface area contributed by atoms with Crippen LogP contribution in [0.5, 0.6) is 0 Å². The number of Topliss-reactive ketones (excluding diaryl/α,β-unsaturated/α-hetero) is 2. The molecule has 2 aromatic carbocycles. The van der Waals surface area contributed by atoms with Crippen molar-refractivity contribution < 1.29 is 9.59 Å². The van der Waals surface area contributed by atoms with Gasteiger partial charge in [-0.25, -0.2) is 0 Å². The quantitative estimate of drug-likeness (QED) is 0.363. The van der Waals surface area contributed by atoms with Crippen LogP contribution in [0.2, 0.25) is 0 Å². The zero-order valence-corrected chi connectivity index (χ0v) is 11.6. The fourth-order valence-electron chi connectivity index (χ4n) is 1.86. The lowest BCUT2D eigenvalue weighted by atomic mass is 9.96. The summed E-state index contributed by atoms with van der Waals surface area (Å²) in [4.78, 5) is 24.4. The minimum absolute atomic E-state index is 0.00212. The van der Waals surface area contributed by atoms with Gasteiger partial charge in [0, 0.05) is 11.1 Å². The summed E-state index contributed by atoms with van der Waals surface area (Å²) in [5, 5.41) is 0. The molecule has 0 fully saturated rings. The van der Waals surface area contributed by atoms with Crippen LogP contribution >= 0.6 is 0 Å². The zero-order valence-electron chi connectivity index (χ0n) is 11.6. The molecule has 0 aliphatic rings. The third-order valence-electron chi connectivity index (χ3n) is 3.18. The van der Waals surface area contributed by atoms with Crippen molar-refractivity contribution in [3.05, 3.63) is 82.9 Å². The van der Waals surface area contributed by atoms with Crippen LogP contribution in [0.4, 0.5) is 0 Å². The SMILES string of the molecule is C=C(C(=O)c1ccc(C)cc1)C(=O)c1ccc(C)cc1. The van der Waals surface area contributed by atoms with E-state index in [2.05, 4.69) is 6.58 Å². The van der Waals surface area contributed by atoms with Crippen LogP contribution in [0, 0.1) is 13.8 Å². The van der Waals surface area contributed by atoms with Crippen molar-refractivity contribution >= 4 is 11.6 Å². The summed E-state index contributed by atoms with van der Waals surface area (Å²) >= 11 is 0.